The van der Waals surface area contributed by atoms with Crippen LogP contribution in [-0.2, 0) is 14.3 Å². The van der Waals surface area contributed by atoms with E-state index in [1.807, 2.05) is 11.9 Å². The molecular formula is C27H44N4O3. The molecule has 0 spiro atoms. The Kier molecular flexibility index (Phi) is 7.05. The molecule has 7 atom stereocenters. The second-order valence-corrected chi connectivity index (χ2v) is 12.3. The third-order valence-corrected chi connectivity index (χ3v) is 9.41. The molecule has 0 aromatic heterocycles. The fourth-order valence-electron chi connectivity index (χ4n) is 7.79. The molecule has 190 valence electrons. The van der Waals surface area contributed by atoms with Gasteiger partial charge in [0.2, 0.25) is 5.91 Å². The zero-order valence-electron chi connectivity index (χ0n) is 21.6. The van der Waals surface area contributed by atoms with E-state index in [0.717, 1.165) is 57.8 Å². The highest BCUT2D eigenvalue weighted by Gasteiger charge is 2.57. The Bertz CT molecular complexity index is 836. The lowest BCUT2D eigenvalue weighted by Gasteiger charge is -2.54. The van der Waals surface area contributed by atoms with Gasteiger partial charge in [-0.25, -0.2) is 0 Å². The smallest absolute Gasteiger partial charge is 0.308 e. The van der Waals surface area contributed by atoms with Crippen LogP contribution in [0.25, 0.3) is 0 Å². The monoisotopic (exact) mass is 472 g/mol. The van der Waals surface area contributed by atoms with Crippen molar-refractivity contribution in [2.75, 3.05) is 14.1 Å². The lowest BCUT2D eigenvalue weighted by atomic mass is 9.56. The molecule has 0 radical (unpaired) electrons. The Morgan fingerprint density at radius 1 is 1.15 bits per heavy atom. The fourth-order valence-corrected chi connectivity index (χ4v) is 7.79. The molecule has 7 nitrogen and oxygen atoms in total. The van der Waals surface area contributed by atoms with E-state index in [2.05, 4.69) is 31.0 Å². The average Bonchev–Trinajstić information content (AvgIpc) is 3.70. The van der Waals surface area contributed by atoms with Crippen molar-refractivity contribution < 1.29 is 14.3 Å². The number of carbonyl (C=O) groups is 2. The van der Waals surface area contributed by atoms with Gasteiger partial charge in [-0.1, -0.05) is 20.3 Å². The number of carbonyl (C=O) groups excluding carboxylic acids is 2. The van der Waals surface area contributed by atoms with E-state index in [-0.39, 0.29) is 28.9 Å². The largest absolute Gasteiger partial charge is 0.459 e. The number of piperidine rings is 1. The Balaban J connectivity index is 0.00000133. The maximum Gasteiger partial charge on any atom is 0.308 e. The van der Waals surface area contributed by atoms with Gasteiger partial charge in [0.15, 0.2) is 0 Å². The van der Waals surface area contributed by atoms with Gasteiger partial charge in [-0.15, -0.1) is 0 Å². The number of hydrogen-bond donors (Lipinski definition) is 2. The van der Waals surface area contributed by atoms with Gasteiger partial charge in [-0.2, -0.15) is 5.26 Å². The second-order valence-electron chi connectivity index (χ2n) is 12.3. The summed E-state index contributed by atoms with van der Waals surface area (Å²) in [6.07, 6.45) is 10.9. The molecule has 2 bridgehead atoms. The molecular weight excluding hydrogens is 428 g/mol. The molecule has 34 heavy (non-hydrogen) atoms. The summed E-state index contributed by atoms with van der Waals surface area (Å²) in [4.78, 5) is 28.3. The van der Waals surface area contributed by atoms with E-state index in [0.29, 0.717) is 36.6 Å². The number of rotatable bonds is 7. The molecule has 1 aliphatic heterocycles. The van der Waals surface area contributed by atoms with E-state index >= 15 is 0 Å². The van der Waals surface area contributed by atoms with E-state index in [1.165, 1.54) is 13.5 Å². The van der Waals surface area contributed by atoms with Crippen LogP contribution >= 0.6 is 0 Å². The number of amides is 1. The molecule has 7 unspecified atom stereocenters. The van der Waals surface area contributed by atoms with Crippen LogP contribution in [0.4, 0.5) is 0 Å². The predicted molar refractivity (Wildman–Crippen MR) is 130 cm³/mol. The molecule has 1 saturated heterocycles. The maximum atomic E-state index is 13.4. The molecule has 0 aromatic rings. The van der Waals surface area contributed by atoms with Crippen LogP contribution in [0.3, 0.4) is 0 Å². The number of nitrogens with one attached hydrogen (secondary N) is 1. The first-order valence-electron chi connectivity index (χ1n) is 13.4. The van der Waals surface area contributed by atoms with Crippen LogP contribution in [0.1, 0.15) is 90.9 Å². The van der Waals surface area contributed by atoms with Crippen LogP contribution in [0.15, 0.2) is 0 Å². The maximum absolute atomic E-state index is 13.4. The van der Waals surface area contributed by atoms with Crippen LogP contribution in [0.2, 0.25) is 0 Å². The number of ether oxygens (including phenoxy) is 1. The van der Waals surface area contributed by atoms with E-state index in [1.54, 1.807) is 0 Å². The number of likely N-dealkylation sites (tertiary alicyclic amines) is 1. The quantitative estimate of drug-likeness (QED) is 0.549. The molecule has 3 N–H and O–H groups in total. The molecule has 0 aromatic carbocycles. The van der Waals surface area contributed by atoms with E-state index in [4.69, 9.17) is 4.74 Å². The molecule has 5 rings (SSSR count). The second kappa shape index (κ2) is 9.43. The Labute approximate surface area is 205 Å². The van der Waals surface area contributed by atoms with E-state index in [9.17, 15) is 14.9 Å². The van der Waals surface area contributed by atoms with Gasteiger partial charge >= 0.3 is 5.97 Å². The van der Waals surface area contributed by atoms with Crippen molar-refractivity contribution in [3.63, 3.8) is 0 Å². The van der Waals surface area contributed by atoms with Gasteiger partial charge in [0, 0.05) is 18.0 Å². The number of fused-ring (bicyclic) bond motifs is 3. The van der Waals surface area contributed by atoms with Crippen molar-refractivity contribution >= 4 is 11.9 Å². The normalized spacial score (nSPS) is 40.8. The third-order valence-electron chi connectivity index (χ3n) is 9.41. The Morgan fingerprint density at radius 2 is 1.88 bits per heavy atom. The summed E-state index contributed by atoms with van der Waals surface area (Å²) in [5.74, 6) is 1.71. The van der Waals surface area contributed by atoms with Crippen molar-refractivity contribution in [1.29, 1.82) is 5.26 Å². The van der Waals surface area contributed by atoms with Gasteiger partial charge in [0.1, 0.15) is 11.6 Å². The Morgan fingerprint density at radius 3 is 2.50 bits per heavy atom. The molecule has 4 saturated carbocycles. The van der Waals surface area contributed by atoms with Crippen molar-refractivity contribution in [2.45, 2.75) is 114 Å². The van der Waals surface area contributed by atoms with Crippen LogP contribution < -0.4 is 11.1 Å². The summed E-state index contributed by atoms with van der Waals surface area (Å²) in [6, 6.07) is 2.41. The van der Waals surface area contributed by atoms with Gasteiger partial charge in [0.25, 0.3) is 0 Å². The zero-order chi connectivity index (χ0) is 24.7. The van der Waals surface area contributed by atoms with Gasteiger partial charge < -0.3 is 20.7 Å². The summed E-state index contributed by atoms with van der Waals surface area (Å²) >= 11 is 0. The minimum Gasteiger partial charge on any atom is -0.459 e. The van der Waals surface area contributed by atoms with Gasteiger partial charge in [-0.05, 0) is 95.1 Å². The molecule has 1 amide bonds. The summed E-state index contributed by atoms with van der Waals surface area (Å²) in [7, 11) is 3.43. The third kappa shape index (κ3) is 4.99. The predicted octanol–water partition coefficient (Wildman–Crippen LogP) is 3.51. The summed E-state index contributed by atoms with van der Waals surface area (Å²) < 4.78 is 6.38. The highest BCUT2D eigenvalue weighted by Crippen LogP contribution is 2.57. The molecule has 5 aliphatic rings. The standard InChI is InChI=1S/C26H39N3O3.CH5N/c1-4-17-7-18-10-24(2,13-22(30)29-20(15-27)8-19-9-21(19)29)16-26(11-17,12-18)32-23(31)14-25(28-3)5-6-25;1-2/h17-21,28H,4-14,16H2,1-3H3;2H2,1H3. The summed E-state index contributed by atoms with van der Waals surface area (Å²) in [5, 5.41) is 12.8. The van der Waals surface area contributed by atoms with E-state index < -0.39 is 5.60 Å². The lowest BCUT2D eigenvalue weighted by molar-refractivity contribution is -0.184. The Hall–Kier alpha value is -1.65. The first kappa shape index (κ1) is 25.4. The first-order valence-corrected chi connectivity index (χ1v) is 13.4. The van der Waals surface area contributed by atoms with Crippen LogP contribution in [0.5, 0.6) is 0 Å². The zero-order valence-corrected chi connectivity index (χ0v) is 21.6. The topological polar surface area (TPSA) is 108 Å². The molecule has 1 heterocycles. The minimum absolute atomic E-state index is 0.0528. The highest BCUT2D eigenvalue weighted by molar-refractivity contribution is 5.79. The van der Waals surface area contributed by atoms with Crippen molar-refractivity contribution in [2.24, 2.45) is 28.9 Å². The summed E-state index contributed by atoms with van der Waals surface area (Å²) in [5.41, 5.74) is 3.84. The number of nitrogens with zero attached hydrogens (tertiary/aromatic N) is 2. The number of nitriles is 1. The summed E-state index contributed by atoms with van der Waals surface area (Å²) in [6.45, 7) is 4.47. The SMILES string of the molecule is CCC1CC2CC(C)(CC(=O)N3C(C#N)CC4CC43)CC(OC(=O)CC3(NC)CC3)(C1)C2.CN. The number of nitrogens with two attached hydrogens (primary N) is 1. The van der Waals surface area contributed by atoms with Crippen LogP contribution in [0, 0.1) is 34.5 Å². The number of esters is 1. The first-order chi connectivity index (χ1) is 16.2. The van der Waals surface area contributed by atoms with Crippen molar-refractivity contribution in [1.82, 2.24) is 10.2 Å². The highest BCUT2D eigenvalue weighted by atomic mass is 16.6. The van der Waals surface area contributed by atoms with Gasteiger partial charge in [0.05, 0.1) is 12.5 Å². The van der Waals surface area contributed by atoms with Crippen molar-refractivity contribution in [3.05, 3.63) is 0 Å². The minimum atomic E-state index is -0.431. The molecule has 5 fully saturated rings. The lowest BCUT2D eigenvalue weighted by Crippen LogP contribution is -2.53. The van der Waals surface area contributed by atoms with Crippen molar-refractivity contribution in [3.8, 4) is 6.07 Å². The van der Waals surface area contributed by atoms with Crippen LogP contribution in [-0.4, -0.2) is 54.1 Å². The fraction of sp³-hybridized carbons (Fsp3) is 0.889. The molecule has 7 heteroatoms. The average molecular weight is 473 g/mol. The molecule has 4 aliphatic carbocycles. The van der Waals surface area contributed by atoms with Gasteiger partial charge in [-0.3, -0.25) is 9.59 Å². The number of hydrogen-bond acceptors (Lipinski definition) is 6.